The Morgan fingerprint density at radius 1 is 1.38 bits per heavy atom. The molecule has 0 aliphatic heterocycles. The molecule has 0 fully saturated rings. The van der Waals surface area contributed by atoms with Crippen molar-refractivity contribution in [1.29, 1.82) is 0 Å². The first-order chi connectivity index (χ1) is 9.97. The number of benzene rings is 1. The number of rotatable bonds is 8. The maximum Gasteiger partial charge on any atom is 0.234 e. The molecule has 0 bridgehead atoms. The first-order valence-electron chi connectivity index (χ1n) is 7.29. The lowest BCUT2D eigenvalue weighted by Gasteiger charge is -2.24. The quantitative estimate of drug-likeness (QED) is 0.720. The van der Waals surface area contributed by atoms with E-state index in [1.165, 1.54) is 0 Å². The van der Waals surface area contributed by atoms with E-state index < -0.39 is 5.92 Å². The Labute approximate surface area is 132 Å². The maximum atomic E-state index is 12.3. The van der Waals surface area contributed by atoms with Gasteiger partial charge in [0.25, 0.3) is 0 Å². The number of amides is 1. The van der Waals surface area contributed by atoms with Gasteiger partial charge in [0, 0.05) is 19.1 Å². The van der Waals surface area contributed by atoms with Crippen LogP contribution in [0.5, 0.6) is 0 Å². The van der Waals surface area contributed by atoms with Gasteiger partial charge in [0.15, 0.2) is 0 Å². The standard InChI is InChI=1S/C16H25N3OS/c1-4-12(2)19(3)11-10-18-16(20)14(15(17)21)13-8-6-5-7-9-13/h5-9,12,14H,4,10-11H2,1-3H3,(H2,17,21)(H,18,20). The molecular formula is C16H25N3OS. The second kappa shape index (κ2) is 8.74. The molecule has 3 N–H and O–H groups in total. The molecule has 2 unspecified atom stereocenters. The normalized spacial score (nSPS) is 13.7. The Morgan fingerprint density at radius 3 is 2.52 bits per heavy atom. The Kier molecular flexibility index (Phi) is 7.32. The monoisotopic (exact) mass is 307 g/mol. The van der Waals surface area contributed by atoms with Crippen molar-refractivity contribution in [1.82, 2.24) is 10.2 Å². The van der Waals surface area contributed by atoms with E-state index >= 15 is 0 Å². The number of likely N-dealkylation sites (N-methyl/N-ethyl adjacent to an activating group) is 1. The molecule has 0 radical (unpaired) electrons. The predicted octanol–water partition coefficient (Wildman–Crippen LogP) is 1.90. The summed E-state index contributed by atoms with van der Waals surface area (Å²) < 4.78 is 0. The van der Waals surface area contributed by atoms with Crippen molar-refractivity contribution in [2.45, 2.75) is 32.2 Å². The van der Waals surface area contributed by atoms with Crippen molar-refractivity contribution in [3.8, 4) is 0 Å². The molecule has 5 heteroatoms. The van der Waals surface area contributed by atoms with Crippen LogP contribution in [-0.4, -0.2) is 42.0 Å². The van der Waals surface area contributed by atoms with E-state index in [4.69, 9.17) is 18.0 Å². The highest BCUT2D eigenvalue weighted by molar-refractivity contribution is 7.80. The Hall–Kier alpha value is -1.46. The van der Waals surface area contributed by atoms with E-state index in [9.17, 15) is 4.79 Å². The fraction of sp³-hybridized carbons (Fsp3) is 0.500. The van der Waals surface area contributed by atoms with Gasteiger partial charge in [-0.2, -0.15) is 0 Å². The summed E-state index contributed by atoms with van der Waals surface area (Å²) in [5.74, 6) is -0.693. The van der Waals surface area contributed by atoms with Gasteiger partial charge in [-0.1, -0.05) is 49.5 Å². The largest absolute Gasteiger partial charge is 0.392 e. The highest BCUT2D eigenvalue weighted by Gasteiger charge is 2.23. The van der Waals surface area contributed by atoms with Crippen LogP contribution in [0.3, 0.4) is 0 Å². The number of hydrogen-bond donors (Lipinski definition) is 2. The highest BCUT2D eigenvalue weighted by atomic mass is 32.1. The molecule has 0 saturated carbocycles. The van der Waals surface area contributed by atoms with Gasteiger partial charge in [-0.05, 0) is 26.0 Å². The van der Waals surface area contributed by atoms with Crippen LogP contribution in [0.2, 0.25) is 0 Å². The third kappa shape index (κ3) is 5.44. The van der Waals surface area contributed by atoms with E-state index in [-0.39, 0.29) is 10.9 Å². The number of hydrogen-bond acceptors (Lipinski definition) is 3. The number of thiocarbonyl (C=S) groups is 1. The summed E-state index contributed by atoms with van der Waals surface area (Å²) in [5, 5.41) is 2.92. The lowest BCUT2D eigenvalue weighted by atomic mass is 9.98. The average molecular weight is 307 g/mol. The number of carbonyl (C=O) groups is 1. The van der Waals surface area contributed by atoms with Crippen LogP contribution >= 0.6 is 12.2 Å². The van der Waals surface area contributed by atoms with Crippen molar-refractivity contribution in [2.24, 2.45) is 5.73 Å². The van der Waals surface area contributed by atoms with Gasteiger partial charge in [0.05, 0.1) is 4.99 Å². The number of carbonyl (C=O) groups excluding carboxylic acids is 1. The molecule has 0 spiro atoms. The fourth-order valence-corrected chi connectivity index (χ4v) is 2.32. The summed E-state index contributed by atoms with van der Waals surface area (Å²) in [6, 6.07) is 9.90. The van der Waals surface area contributed by atoms with Crippen LogP contribution in [0.1, 0.15) is 31.7 Å². The van der Waals surface area contributed by atoms with Crippen LogP contribution in [0.25, 0.3) is 0 Å². The molecule has 116 valence electrons. The van der Waals surface area contributed by atoms with E-state index in [1.807, 2.05) is 30.3 Å². The van der Waals surface area contributed by atoms with Crippen molar-refractivity contribution < 1.29 is 4.79 Å². The van der Waals surface area contributed by atoms with Crippen molar-refractivity contribution in [2.75, 3.05) is 20.1 Å². The zero-order valence-corrected chi connectivity index (χ0v) is 13.8. The first-order valence-corrected chi connectivity index (χ1v) is 7.70. The summed E-state index contributed by atoms with van der Waals surface area (Å²) in [6.45, 7) is 5.72. The molecule has 1 aromatic rings. The van der Waals surface area contributed by atoms with Gasteiger partial charge in [0.2, 0.25) is 5.91 Å². The molecule has 4 nitrogen and oxygen atoms in total. The van der Waals surface area contributed by atoms with Gasteiger partial charge in [-0.15, -0.1) is 0 Å². The molecule has 0 aliphatic rings. The third-order valence-corrected chi connectivity index (χ3v) is 4.02. The zero-order valence-electron chi connectivity index (χ0n) is 13.0. The van der Waals surface area contributed by atoms with Crippen molar-refractivity contribution in [3.63, 3.8) is 0 Å². The summed E-state index contributed by atoms with van der Waals surface area (Å²) >= 11 is 5.04. The predicted molar refractivity (Wildman–Crippen MR) is 91.4 cm³/mol. The lowest BCUT2D eigenvalue weighted by molar-refractivity contribution is -0.121. The zero-order chi connectivity index (χ0) is 15.8. The minimum absolute atomic E-state index is 0.133. The molecule has 0 aromatic heterocycles. The highest BCUT2D eigenvalue weighted by Crippen LogP contribution is 2.16. The van der Waals surface area contributed by atoms with Gasteiger partial charge in [-0.25, -0.2) is 0 Å². The Balaban J connectivity index is 2.58. The molecule has 0 saturated heterocycles. The third-order valence-electron chi connectivity index (χ3n) is 3.79. The van der Waals surface area contributed by atoms with E-state index in [0.717, 1.165) is 18.5 Å². The van der Waals surface area contributed by atoms with Crippen molar-refractivity contribution >= 4 is 23.1 Å². The van der Waals surface area contributed by atoms with Crippen LogP contribution < -0.4 is 11.1 Å². The van der Waals surface area contributed by atoms with Gasteiger partial charge < -0.3 is 16.0 Å². The van der Waals surface area contributed by atoms with Crippen molar-refractivity contribution in [3.05, 3.63) is 35.9 Å². The van der Waals surface area contributed by atoms with Crippen LogP contribution in [0.4, 0.5) is 0 Å². The fourth-order valence-electron chi connectivity index (χ4n) is 2.08. The summed E-state index contributed by atoms with van der Waals surface area (Å²) in [4.78, 5) is 14.7. The molecule has 0 heterocycles. The second-order valence-corrected chi connectivity index (χ2v) is 5.75. The molecule has 1 aromatic carbocycles. The molecule has 2 atom stereocenters. The summed E-state index contributed by atoms with van der Waals surface area (Å²) in [7, 11) is 2.06. The minimum Gasteiger partial charge on any atom is -0.392 e. The minimum atomic E-state index is -0.560. The van der Waals surface area contributed by atoms with Gasteiger partial charge in [-0.3, -0.25) is 4.79 Å². The lowest BCUT2D eigenvalue weighted by Crippen LogP contribution is -2.41. The molecule has 21 heavy (non-hydrogen) atoms. The van der Waals surface area contributed by atoms with Crippen LogP contribution in [0, 0.1) is 0 Å². The SMILES string of the molecule is CCC(C)N(C)CCNC(=O)C(C(N)=S)c1ccccc1. The number of nitrogens with two attached hydrogens (primary N) is 1. The molecule has 1 amide bonds. The van der Waals surface area contributed by atoms with E-state index in [0.29, 0.717) is 12.6 Å². The Bertz CT molecular complexity index is 464. The number of nitrogens with one attached hydrogen (secondary N) is 1. The summed E-state index contributed by atoms with van der Waals surface area (Å²) in [5.41, 5.74) is 6.56. The smallest absolute Gasteiger partial charge is 0.234 e. The Morgan fingerprint density at radius 2 is 2.00 bits per heavy atom. The van der Waals surface area contributed by atoms with Crippen LogP contribution in [-0.2, 0) is 4.79 Å². The summed E-state index contributed by atoms with van der Waals surface area (Å²) in [6.07, 6.45) is 1.09. The topological polar surface area (TPSA) is 58.4 Å². The average Bonchev–Trinajstić information content (AvgIpc) is 2.47. The van der Waals surface area contributed by atoms with Gasteiger partial charge in [0.1, 0.15) is 5.92 Å². The second-order valence-electron chi connectivity index (χ2n) is 5.27. The number of nitrogens with zero attached hydrogens (tertiary/aromatic N) is 1. The molecular weight excluding hydrogens is 282 g/mol. The molecule has 1 rings (SSSR count). The molecule has 0 aliphatic carbocycles. The first kappa shape index (κ1) is 17.6. The maximum absolute atomic E-state index is 12.3. The van der Waals surface area contributed by atoms with Crippen LogP contribution in [0.15, 0.2) is 30.3 Å². The van der Waals surface area contributed by atoms with E-state index in [2.05, 4.69) is 31.1 Å². The van der Waals surface area contributed by atoms with Gasteiger partial charge >= 0.3 is 0 Å². The van der Waals surface area contributed by atoms with E-state index in [1.54, 1.807) is 0 Å².